The van der Waals surface area contributed by atoms with Gasteiger partial charge in [0.05, 0.1) is 6.54 Å². The van der Waals surface area contributed by atoms with Gasteiger partial charge in [0, 0.05) is 13.0 Å². The Kier molecular flexibility index (Phi) is 6.69. The molecule has 3 amide bonds. The minimum atomic E-state index is -0.442. The summed E-state index contributed by atoms with van der Waals surface area (Å²) >= 11 is 0. The summed E-state index contributed by atoms with van der Waals surface area (Å²) in [5, 5.41) is 5.17. The van der Waals surface area contributed by atoms with Gasteiger partial charge in [-0.05, 0) is 23.1 Å². The number of hydrogen-bond acceptors (Lipinski definition) is 3. The second-order valence-electron chi connectivity index (χ2n) is 6.02. The zero-order valence-electron chi connectivity index (χ0n) is 13.4. The molecule has 0 aliphatic rings. The van der Waals surface area contributed by atoms with E-state index in [-0.39, 0.29) is 24.4 Å². The van der Waals surface area contributed by atoms with Gasteiger partial charge in [0.1, 0.15) is 12.4 Å². The van der Waals surface area contributed by atoms with E-state index in [1.807, 2.05) is 24.3 Å². The molecule has 0 heterocycles. The number of primary amides is 1. The van der Waals surface area contributed by atoms with Crippen LogP contribution in [0.15, 0.2) is 24.3 Å². The van der Waals surface area contributed by atoms with Gasteiger partial charge in [0.15, 0.2) is 0 Å². The average molecular weight is 307 g/mol. The maximum absolute atomic E-state index is 11.4. The molecule has 6 nitrogen and oxygen atoms in total. The lowest BCUT2D eigenvalue weighted by atomic mass is 9.87. The van der Waals surface area contributed by atoms with Crippen molar-refractivity contribution in [2.75, 3.05) is 19.7 Å². The van der Waals surface area contributed by atoms with Gasteiger partial charge in [0.2, 0.25) is 5.91 Å². The van der Waals surface area contributed by atoms with Crippen LogP contribution in [0.1, 0.15) is 32.8 Å². The minimum absolute atomic E-state index is 0.114. The van der Waals surface area contributed by atoms with Gasteiger partial charge in [-0.1, -0.05) is 32.9 Å². The Morgan fingerprint density at radius 3 is 2.23 bits per heavy atom. The monoisotopic (exact) mass is 307 g/mol. The van der Waals surface area contributed by atoms with Crippen molar-refractivity contribution in [3.8, 4) is 5.75 Å². The highest BCUT2D eigenvalue weighted by Crippen LogP contribution is 2.24. The van der Waals surface area contributed by atoms with Crippen LogP contribution in [0, 0.1) is 0 Å². The highest BCUT2D eigenvalue weighted by atomic mass is 16.5. The molecule has 22 heavy (non-hydrogen) atoms. The summed E-state index contributed by atoms with van der Waals surface area (Å²) in [7, 11) is 0. The average Bonchev–Trinajstić information content (AvgIpc) is 2.43. The minimum Gasteiger partial charge on any atom is -0.492 e. The van der Waals surface area contributed by atoms with Crippen LogP contribution >= 0.6 is 0 Å². The topological polar surface area (TPSA) is 93.4 Å². The molecule has 0 fully saturated rings. The summed E-state index contributed by atoms with van der Waals surface area (Å²) in [5.41, 5.74) is 6.33. The second-order valence-corrected chi connectivity index (χ2v) is 6.02. The van der Waals surface area contributed by atoms with Crippen molar-refractivity contribution >= 4 is 11.9 Å². The normalized spacial score (nSPS) is 10.9. The maximum Gasteiger partial charge on any atom is 0.314 e. The molecule has 0 spiro atoms. The van der Waals surface area contributed by atoms with Crippen molar-refractivity contribution in [1.29, 1.82) is 0 Å². The van der Waals surface area contributed by atoms with Crippen LogP contribution < -0.4 is 21.1 Å². The first-order valence-corrected chi connectivity index (χ1v) is 7.32. The van der Waals surface area contributed by atoms with Crippen molar-refractivity contribution in [1.82, 2.24) is 10.6 Å². The molecular weight excluding hydrogens is 282 g/mol. The third-order valence-corrected chi connectivity index (χ3v) is 3.03. The van der Waals surface area contributed by atoms with Gasteiger partial charge in [-0.2, -0.15) is 0 Å². The van der Waals surface area contributed by atoms with Crippen LogP contribution in [0.25, 0.3) is 0 Å². The fourth-order valence-corrected chi connectivity index (χ4v) is 1.75. The van der Waals surface area contributed by atoms with E-state index in [1.165, 1.54) is 5.56 Å². The Morgan fingerprint density at radius 1 is 1.09 bits per heavy atom. The number of hydrogen-bond donors (Lipinski definition) is 3. The summed E-state index contributed by atoms with van der Waals surface area (Å²) in [6.07, 6.45) is 0.129. The van der Waals surface area contributed by atoms with E-state index in [9.17, 15) is 9.59 Å². The molecule has 1 aromatic carbocycles. The van der Waals surface area contributed by atoms with Crippen LogP contribution in [-0.2, 0) is 10.2 Å². The van der Waals surface area contributed by atoms with Crippen molar-refractivity contribution in [3.05, 3.63) is 29.8 Å². The Balaban J connectivity index is 2.22. The van der Waals surface area contributed by atoms with E-state index in [2.05, 4.69) is 31.4 Å². The molecule has 4 N–H and O–H groups in total. The number of carbonyl (C=O) groups is 2. The summed E-state index contributed by atoms with van der Waals surface area (Å²) in [6, 6.07) is 7.59. The Labute approximate surface area is 131 Å². The lowest BCUT2D eigenvalue weighted by molar-refractivity contribution is -0.117. The number of nitrogens with one attached hydrogen (secondary N) is 2. The molecule has 0 aromatic heterocycles. The number of benzene rings is 1. The summed E-state index contributed by atoms with van der Waals surface area (Å²) < 4.78 is 5.55. The zero-order valence-corrected chi connectivity index (χ0v) is 13.4. The number of urea groups is 1. The SMILES string of the molecule is CC(C)(C)c1ccc(OCCNC(=O)NCCC(N)=O)cc1. The van der Waals surface area contributed by atoms with Gasteiger partial charge >= 0.3 is 6.03 Å². The highest BCUT2D eigenvalue weighted by molar-refractivity contribution is 5.76. The predicted molar refractivity (Wildman–Crippen MR) is 85.8 cm³/mol. The number of nitrogens with two attached hydrogens (primary N) is 1. The van der Waals surface area contributed by atoms with Crippen LogP contribution in [-0.4, -0.2) is 31.6 Å². The molecule has 0 saturated heterocycles. The summed E-state index contributed by atoms with van der Waals surface area (Å²) in [6.45, 7) is 7.45. The molecule has 0 aliphatic heterocycles. The molecule has 6 heteroatoms. The van der Waals surface area contributed by atoms with Gasteiger partial charge < -0.3 is 21.1 Å². The van der Waals surface area contributed by atoms with Gasteiger partial charge in [-0.15, -0.1) is 0 Å². The van der Waals surface area contributed by atoms with E-state index in [0.29, 0.717) is 13.2 Å². The summed E-state index contributed by atoms with van der Waals surface area (Å²) in [5.74, 6) is 0.325. The van der Waals surface area contributed by atoms with E-state index in [0.717, 1.165) is 5.75 Å². The number of amides is 3. The van der Waals surface area contributed by atoms with Crippen LogP contribution in [0.4, 0.5) is 4.79 Å². The molecule has 1 rings (SSSR count). The lowest BCUT2D eigenvalue weighted by Crippen LogP contribution is -2.39. The van der Waals surface area contributed by atoms with Crippen molar-refractivity contribution in [3.63, 3.8) is 0 Å². The molecule has 0 bridgehead atoms. The van der Waals surface area contributed by atoms with Crippen LogP contribution in [0.3, 0.4) is 0 Å². The molecule has 0 saturated carbocycles. The van der Waals surface area contributed by atoms with E-state index in [4.69, 9.17) is 10.5 Å². The first-order chi connectivity index (χ1) is 10.3. The van der Waals surface area contributed by atoms with Gasteiger partial charge in [0.25, 0.3) is 0 Å². The predicted octanol–water partition coefficient (Wildman–Crippen LogP) is 1.54. The van der Waals surface area contributed by atoms with Gasteiger partial charge in [-0.3, -0.25) is 4.79 Å². The number of rotatable bonds is 7. The molecule has 122 valence electrons. The fourth-order valence-electron chi connectivity index (χ4n) is 1.75. The highest BCUT2D eigenvalue weighted by Gasteiger charge is 2.12. The van der Waals surface area contributed by atoms with Gasteiger partial charge in [-0.25, -0.2) is 4.79 Å². The Bertz CT molecular complexity index is 492. The molecular formula is C16H25N3O3. The Morgan fingerprint density at radius 2 is 1.68 bits per heavy atom. The van der Waals surface area contributed by atoms with E-state index >= 15 is 0 Å². The van der Waals surface area contributed by atoms with Crippen LogP contribution in [0.5, 0.6) is 5.75 Å². The van der Waals surface area contributed by atoms with E-state index in [1.54, 1.807) is 0 Å². The molecule has 1 aromatic rings. The van der Waals surface area contributed by atoms with Crippen molar-refractivity contribution in [2.45, 2.75) is 32.6 Å². The molecule has 0 atom stereocenters. The second kappa shape index (κ2) is 8.26. The summed E-state index contributed by atoms with van der Waals surface area (Å²) in [4.78, 5) is 21.9. The lowest BCUT2D eigenvalue weighted by Gasteiger charge is -2.19. The maximum atomic E-state index is 11.4. The smallest absolute Gasteiger partial charge is 0.314 e. The quantitative estimate of drug-likeness (QED) is 0.667. The molecule has 0 unspecified atom stereocenters. The fraction of sp³-hybridized carbons (Fsp3) is 0.500. The van der Waals surface area contributed by atoms with Crippen molar-refractivity contribution in [2.24, 2.45) is 5.73 Å². The van der Waals surface area contributed by atoms with Crippen molar-refractivity contribution < 1.29 is 14.3 Å². The molecule has 0 radical (unpaired) electrons. The largest absolute Gasteiger partial charge is 0.492 e. The zero-order chi connectivity index (χ0) is 16.6. The third-order valence-electron chi connectivity index (χ3n) is 3.03. The first-order valence-electron chi connectivity index (χ1n) is 7.32. The number of carbonyl (C=O) groups excluding carboxylic acids is 2. The standard InChI is InChI=1S/C16H25N3O3/c1-16(2,3)12-4-6-13(7-5-12)22-11-10-19-15(21)18-9-8-14(17)20/h4-7H,8-11H2,1-3H3,(H2,17,20)(H2,18,19,21). The number of ether oxygens (including phenoxy) is 1. The van der Waals surface area contributed by atoms with E-state index < -0.39 is 5.91 Å². The molecule has 0 aliphatic carbocycles. The third kappa shape index (κ3) is 6.97. The first kappa shape index (κ1) is 17.8. The Hall–Kier alpha value is -2.24. The van der Waals surface area contributed by atoms with Crippen LogP contribution in [0.2, 0.25) is 0 Å².